The molecule has 0 spiro atoms. The van der Waals surface area contributed by atoms with Crippen molar-refractivity contribution in [3.8, 4) is 0 Å². The van der Waals surface area contributed by atoms with E-state index in [1.165, 1.54) is 6.08 Å². The Bertz CT molecular complexity index is 784. The molecule has 2 aromatic rings. The van der Waals surface area contributed by atoms with Crippen molar-refractivity contribution in [3.63, 3.8) is 0 Å². The molecule has 1 atom stereocenters. The van der Waals surface area contributed by atoms with E-state index in [9.17, 15) is 9.59 Å². The third-order valence-corrected chi connectivity index (χ3v) is 4.26. The minimum absolute atomic E-state index is 0.330. The molecule has 0 aromatic heterocycles. The largest absolute Gasteiger partial charge is 0.452 e. The number of hydrogen-bond donors (Lipinski definition) is 1. The molecular formula is C21H22ClNO3. The number of halogens is 1. The smallest absolute Gasteiger partial charge is 0.331 e. The molecule has 136 valence electrons. The average molecular weight is 372 g/mol. The zero-order valence-electron chi connectivity index (χ0n) is 14.9. The van der Waals surface area contributed by atoms with Crippen LogP contribution in [0, 0.1) is 0 Å². The second kappa shape index (κ2) is 9.78. The van der Waals surface area contributed by atoms with Crippen LogP contribution in [-0.2, 0) is 14.3 Å². The van der Waals surface area contributed by atoms with Gasteiger partial charge >= 0.3 is 5.97 Å². The summed E-state index contributed by atoms with van der Waals surface area (Å²) in [4.78, 5) is 23.8. The van der Waals surface area contributed by atoms with E-state index in [-0.39, 0.29) is 12.5 Å². The van der Waals surface area contributed by atoms with Crippen LogP contribution in [0.3, 0.4) is 0 Å². The van der Waals surface area contributed by atoms with E-state index in [1.807, 2.05) is 24.3 Å². The topological polar surface area (TPSA) is 55.4 Å². The second-order valence-electron chi connectivity index (χ2n) is 5.94. The van der Waals surface area contributed by atoms with Gasteiger partial charge in [0.1, 0.15) is 0 Å². The zero-order chi connectivity index (χ0) is 18.9. The van der Waals surface area contributed by atoms with Crippen LogP contribution in [-0.4, -0.2) is 18.5 Å². The van der Waals surface area contributed by atoms with Crippen molar-refractivity contribution >= 4 is 35.2 Å². The molecule has 0 aliphatic rings. The minimum Gasteiger partial charge on any atom is -0.452 e. The Morgan fingerprint density at radius 2 is 1.85 bits per heavy atom. The molecule has 0 aliphatic heterocycles. The summed E-state index contributed by atoms with van der Waals surface area (Å²) in [5.41, 5.74) is 2.63. The molecule has 0 heterocycles. The van der Waals surface area contributed by atoms with Crippen molar-refractivity contribution in [1.29, 1.82) is 0 Å². The van der Waals surface area contributed by atoms with E-state index in [2.05, 4.69) is 19.2 Å². The number of carbonyl (C=O) groups is 2. The van der Waals surface area contributed by atoms with Crippen LogP contribution in [0.2, 0.25) is 5.02 Å². The summed E-state index contributed by atoms with van der Waals surface area (Å²) >= 11 is 5.81. The predicted molar refractivity (Wildman–Crippen MR) is 105 cm³/mol. The van der Waals surface area contributed by atoms with Gasteiger partial charge in [0.2, 0.25) is 0 Å². The Hall–Kier alpha value is -2.59. The van der Waals surface area contributed by atoms with Crippen LogP contribution in [0.4, 0.5) is 5.69 Å². The van der Waals surface area contributed by atoms with Gasteiger partial charge in [-0.25, -0.2) is 4.79 Å². The number of amides is 1. The fourth-order valence-electron chi connectivity index (χ4n) is 2.37. The maximum atomic E-state index is 12.1. The Labute approximate surface area is 158 Å². The first kappa shape index (κ1) is 19.7. The molecule has 1 amide bonds. The SMILES string of the molecule is CCC(C)c1ccccc1NC(=O)COC(=O)C=Cc1ccc(Cl)cc1. The Morgan fingerprint density at radius 1 is 1.15 bits per heavy atom. The predicted octanol–water partition coefficient (Wildman–Crippen LogP) is 5.05. The van der Waals surface area contributed by atoms with Gasteiger partial charge in [-0.2, -0.15) is 0 Å². The van der Waals surface area contributed by atoms with Gasteiger partial charge in [0, 0.05) is 16.8 Å². The number of anilines is 1. The summed E-state index contributed by atoms with van der Waals surface area (Å²) in [6.07, 6.45) is 3.86. The standard InChI is InChI=1S/C21H22ClNO3/c1-3-15(2)18-6-4-5-7-19(18)23-20(24)14-26-21(25)13-10-16-8-11-17(22)12-9-16/h4-13,15H,3,14H2,1-2H3,(H,23,24). The van der Waals surface area contributed by atoms with Gasteiger partial charge in [-0.05, 0) is 47.7 Å². The third-order valence-electron chi connectivity index (χ3n) is 4.01. The number of hydrogen-bond acceptors (Lipinski definition) is 3. The van der Waals surface area contributed by atoms with E-state index in [4.69, 9.17) is 16.3 Å². The molecule has 26 heavy (non-hydrogen) atoms. The van der Waals surface area contributed by atoms with E-state index >= 15 is 0 Å². The number of nitrogens with one attached hydrogen (secondary N) is 1. The first-order valence-electron chi connectivity index (χ1n) is 8.48. The summed E-state index contributed by atoms with van der Waals surface area (Å²) < 4.78 is 4.98. The van der Waals surface area contributed by atoms with Crippen molar-refractivity contribution in [1.82, 2.24) is 0 Å². The van der Waals surface area contributed by atoms with Crippen molar-refractivity contribution in [2.75, 3.05) is 11.9 Å². The molecule has 1 unspecified atom stereocenters. The van der Waals surface area contributed by atoms with Crippen LogP contribution in [0.15, 0.2) is 54.6 Å². The van der Waals surface area contributed by atoms with Gasteiger partial charge in [0.25, 0.3) is 5.91 Å². The molecule has 0 saturated heterocycles. The van der Waals surface area contributed by atoms with Crippen LogP contribution in [0.25, 0.3) is 6.08 Å². The molecule has 0 saturated carbocycles. The van der Waals surface area contributed by atoms with E-state index < -0.39 is 5.97 Å². The summed E-state index contributed by atoms with van der Waals surface area (Å²) in [5.74, 6) is -0.615. The van der Waals surface area contributed by atoms with Gasteiger partial charge in [0.05, 0.1) is 0 Å². The minimum atomic E-state index is -0.578. The fraction of sp³-hybridized carbons (Fsp3) is 0.238. The second-order valence-corrected chi connectivity index (χ2v) is 6.37. The van der Waals surface area contributed by atoms with Crippen molar-refractivity contribution in [2.45, 2.75) is 26.2 Å². The maximum absolute atomic E-state index is 12.1. The Morgan fingerprint density at radius 3 is 2.54 bits per heavy atom. The summed E-state index contributed by atoms with van der Waals surface area (Å²) in [5, 5.41) is 3.43. The Kier molecular flexibility index (Phi) is 7.42. The molecule has 4 nitrogen and oxygen atoms in total. The van der Waals surface area contributed by atoms with Crippen LogP contribution >= 0.6 is 11.6 Å². The maximum Gasteiger partial charge on any atom is 0.331 e. The number of para-hydroxylation sites is 1. The molecule has 2 aromatic carbocycles. The zero-order valence-corrected chi connectivity index (χ0v) is 15.6. The molecule has 5 heteroatoms. The van der Waals surface area contributed by atoms with Gasteiger partial charge in [-0.1, -0.05) is 55.8 Å². The van der Waals surface area contributed by atoms with Crippen LogP contribution < -0.4 is 5.32 Å². The highest BCUT2D eigenvalue weighted by Gasteiger charge is 2.12. The lowest BCUT2D eigenvalue weighted by atomic mass is 9.97. The molecule has 0 bridgehead atoms. The van der Waals surface area contributed by atoms with E-state index in [0.717, 1.165) is 23.2 Å². The molecular weight excluding hydrogens is 350 g/mol. The molecule has 1 N–H and O–H groups in total. The molecule has 0 radical (unpaired) electrons. The highest BCUT2D eigenvalue weighted by Crippen LogP contribution is 2.26. The highest BCUT2D eigenvalue weighted by atomic mass is 35.5. The van der Waals surface area contributed by atoms with Gasteiger partial charge in [0.15, 0.2) is 6.61 Å². The Balaban J connectivity index is 1.87. The summed E-state index contributed by atoms with van der Waals surface area (Å²) in [6, 6.07) is 14.7. The van der Waals surface area contributed by atoms with Crippen molar-refractivity contribution < 1.29 is 14.3 Å². The monoisotopic (exact) mass is 371 g/mol. The lowest BCUT2D eigenvalue weighted by Crippen LogP contribution is -2.21. The quantitative estimate of drug-likeness (QED) is 0.547. The highest BCUT2D eigenvalue weighted by molar-refractivity contribution is 6.30. The summed E-state index contributed by atoms with van der Waals surface area (Å²) in [6.45, 7) is 3.86. The molecule has 0 aliphatic carbocycles. The molecule has 2 rings (SSSR count). The van der Waals surface area contributed by atoms with Crippen LogP contribution in [0.5, 0.6) is 0 Å². The third kappa shape index (κ3) is 6.05. The number of esters is 1. The van der Waals surface area contributed by atoms with Crippen molar-refractivity contribution in [3.05, 3.63) is 70.8 Å². The summed E-state index contributed by atoms with van der Waals surface area (Å²) in [7, 11) is 0. The van der Waals surface area contributed by atoms with Crippen molar-refractivity contribution in [2.24, 2.45) is 0 Å². The normalized spacial score (nSPS) is 12.0. The van der Waals surface area contributed by atoms with Gasteiger partial charge in [-0.15, -0.1) is 0 Å². The first-order chi connectivity index (χ1) is 12.5. The number of rotatable bonds is 7. The fourth-order valence-corrected chi connectivity index (χ4v) is 2.50. The van der Waals surface area contributed by atoms with E-state index in [1.54, 1.807) is 30.3 Å². The average Bonchev–Trinajstić information content (AvgIpc) is 2.65. The lowest BCUT2D eigenvalue weighted by Gasteiger charge is -2.15. The van der Waals surface area contributed by atoms with Crippen LogP contribution in [0.1, 0.15) is 37.3 Å². The first-order valence-corrected chi connectivity index (χ1v) is 8.86. The number of benzene rings is 2. The lowest BCUT2D eigenvalue weighted by molar-refractivity contribution is -0.142. The number of ether oxygens (including phenoxy) is 1. The molecule has 0 fully saturated rings. The van der Waals surface area contributed by atoms with E-state index in [0.29, 0.717) is 10.9 Å². The van der Waals surface area contributed by atoms with Gasteiger partial charge in [-0.3, -0.25) is 4.79 Å². The van der Waals surface area contributed by atoms with Gasteiger partial charge < -0.3 is 10.1 Å². The number of carbonyl (C=O) groups excluding carboxylic acids is 2.